The van der Waals surface area contributed by atoms with Crippen LogP contribution >= 0.6 is 0 Å². The van der Waals surface area contributed by atoms with E-state index in [0.717, 1.165) is 12.8 Å². The summed E-state index contributed by atoms with van der Waals surface area (Å²) >= 11 is 0. The average molecular weight is 238 g/mol. The fraction of sp³-hybridized carbons (Fsp3) is 0.545. The van der Waals surface area contributed by atoms with Crippen molar-refractivity contribution in [2.75, 3.05) is 19.7 Å². The van der Waals surface area contributed by atoms with Gasteiger partial charge in [-0.15, -0.1) is 0 Å². The number of carbonyl (C=O) groups is 2. The fourth-order valence-corrected chi connectivity index (χ4v) is 1.83. The fourth-order valence-electron chi connectivity index (χ4n) is 1.83. The highest BCUT2D eigenvalue weighted by molar-refractivity contribution is 6.03. The molecule has 0 spiro atoms. The molecule has 0 aromatic carbocycles. The molecule has 0 bridgehead atoms. The number of hydrogen-bond donors (Lipinski definition) is 0. The third-order valence-corrected chi connectivity index (χ3v) is 2.66. The smallest absolute Gasteiger partial charge is 0.361 e. The summed E-state index contributed by atoms with van der Waals surface area (Å²) in [4.78, 5) is 25.3. The second kappa shape index (κ2) is 4.99. The lowest BCUT2D eigenvalue weighted by atomic mass is 10.2. The molecule has 1 aromatic rings. The molecule has 1 aliphatic rings. The zero-order valence-corrected chi connectivity index (χ0v) is 9.64. The van der Waals surface area contributed by atoms with Gasteiger partial charge in [0.05, 0.1) is 6.61 Å². The molecule has 0 unspecified atom stereocenters. The van der Waals surface area contributed by atoms with Gasteiger partial charge < -0.3 is 14.2 Å². The van der Waals surface area contributed by atoms with Crippen LogP contribution in [0.4, 0.5) is 0 Å². The minimum absolute atomic E-state index is 0.0382. The standard InChI is InChI=1S/C11H14N2O4/c1-2-16-11(15)9-8(7-17-12-9)10(14)13-5-3-4-6-13/h7H,2-6H2,1H3. The number of aromatic nitrogens is 1. The Morgan fingerprint density at radius 1 is 1.47 bits per heavy atom. The van der Waals surface area contributed by atoms with E-state index in [0.29, 0.717) is 13.1 Å². The van der Waals surface area contributed by atoms with E-state index in [-0.39, 0.29) is 23.8 Å². The number of ether oxygens (including phenoxy) is 1. The molecule has 1 fully saturated rings. The Hall–Kier alpha value is -1.85. The quantitative estimate of drug-likeness (QED) is 0.737. The maximum atomic E-state index is 12.1. The number of hydrogen-bond acceptors (Lipinski definition) is 5. The monoisotopic (exact) mass is 238 g/mol. The molecule has 2 heterocycles. The van der Waals surface area contributed by atoms with Crippen molar-refractivity contribution in [1.82, 2.24) is 10.1 Å². The maximum Gasteiger partial charge on any atom is 0.361 e. The van der Waals surface area contributed by atoms with Gasteiger partial charge in [0.15, 0.2) is 0 Å². The first-order valence-corrected chi connectivity index (χ1v) is 5.64. The van der Waals surface area contributed by atoms with E-state index in [2.05, 4.69) is 5.16 Å². The van der Waals surface area contributed by atoms with Crippen LogP contribution in [0, 0.1) is 0 Å². The molecule has 6 nitrogen and oxygen atoms in total. The lowest BCUT2D eigenvalue weighted by Crippen LogP contribution is -2.28. The highest BCUT2D eigenvalue weighted by Gasteiger charge is 2.27. The summed E-state index contributed by atoms with van der Waals surface area (Å²) in [6.45, 7) is 3.36. The first-order chi connectivity index (χ1) is 8.24. The lowest BCUT2D eigenvalue weighted by Gasteiger charge is -2.13. The van der Waals surface area contributed by atoms with Crippen molar-refractivity contribution in [2.45, 2.75) is 19.8 Å². The van der Waals surface area contributed by atoms with Crippen LogP contribution in [0.15, 0.2) is 10.8 Å². The summed E-state index contributed by atoms with van der Waals surface area (Å²) in [7, 11) is 0. The third-order valence-electron chi connectivity index (χ3n) is 2.66. The predicted octanol–water partition coefficient (Wildman–Crippen LogP) is 1.09. The maximum absolute atomic E-state index is 12.1. The van der Waals surface area contributed by atoms with Gasteiger partial charge in [0.2, 0.25) is 5.69 Å². The number of nitrogens with zero attached hydrogens (tertiary/aromatic N) is 2. The van der Waals surface area contributed by atoms with E-state index in [1.807, 2.05) is 0 Å². The Bertz CT molecular complexity index is 421. The summed E-state index contributed by atoms with van der Waals surface area (Å²) in [5, 5.41) is 3.53. The average Bonchev–Trinajstić information content (AvgIpc) is 3.00. The number of rotatable bonds is 3. The lowest BCUT2D eigenvalue weighted by molar-refractivity contribution is 0.0508. The number of carbonyl (C=O) groups excluding carboxylic acids is 2. The van der Waals surface area contributed by atoms with Gasteiger partial charge >= 0.3 is 5.97 Å². The largest absolute Gasteiger partial charge is 0.461 e. The van der Waals surface area contributed by atoms with E-state index < -0.39 is 5.97 Å². The van der Waals surface area contributed by atoms with Crippen LogP contribution in [-0.4, -0.2) is 41.6 Å². The summed E-state index contributed by atoms with van der Waals surface area (Å²) < 4.78 is 9.50. The van der Waals surface area contributed by atoms with Crippen LogP contribution in [0.2, 0.25) is 0 Å². The van der Waals surface area contributed by atoms with Crippen molar-refractivity contribution in [1.29, 1.82) is 0 Å². The Labute approximate surface area is 98.5 Å². The molecule has 0 N–H and O–H groups in total. The Kier molecular flexibility index (Phi) is 3.41. The molecule has 92 valence electrons. The Balaban J connectivity index is 2.17. The van der Waals surface area contributed by atoms with Gasteiger partial charge in [0.25, 0.3) is 5.91 Å². The second-order valence-corrected chi connectivity index (χ2v) is 3.80. The molecule has 0 aliphatic carbocycles. The van der Waals surface area contributed by atoms with Crippen molar-refractivity contribution >= 4 is 11.9 Å². The molecular weight excluding hydrogens is 224 g/mol. The minimum Gasteiger partial charge on any atom is -0.461 e. The van der Waals surface area contributed by atoms with Gasteiger partial charge in [-0.25, -0.2) is 4.79 Å². The molecule has 1 aromatic heterocycles. The van der Waals surface area contributed by atoms with Crippen LogP contribution < -0.4 is 0 Å². The predicted molar refractivity (Wildman–Crippen MR) is 57.6 cm³/mol. The van der Waals surface area contributed by atoms with Crippen molar-refractivity contribution in [3.05, 3.63) is 17.5 Å². The molecule has 0 atom stereocenters. The van der Waals surface area contributed by atoms with E-state index >= 15 is 0 Å². The molecule has 17 heavy (non-hydrogen) atoms. The van der Waals surface area contributed by atoms with E-state index in [9.17, 15) is 9.59 Å². The molecule has 2 rings (SSSR count). The van der Waals surface area contributed by atoms with E-state index in [1.165, 1.54) is 6.26 Å². The van der Waals surface area contributed by atoms with Crippen LogP contribution in [0.3, 0.4) is 0 Å². The molecular formula is C11H14N2O4. The summed E-state index contributed by atoms with van der Waals surface area (Å²) in [5.74, 6) is -0.837. The molecule has 6 heteroatoms. The normalized spacial score (nSPS) is 15.0. The van der Waals surface area contributed by atoms with Gasteiger partial charge in [0, 0.05) is 13.1 Å². The number of esters is 1. The summed E-state index contributed by atoms with van der Waals surface area (Å²) in [5.41, 5.74) is 0.147. The van der Waals surface area contributed by atoms with E-state index in [1.54, 1.807) is 11.8 Å². The zero-order chi connectivity index (χ0) is 12.3. The SMILES string of the molecule is CCOC(=O)c1nocc1C(=O)N1CCCC1. The first-order valence-electron chi connectivity index (χ1n) is 5.64. The van der Waals surface area contributed by atoms with Crippen LogP contribution in [0.5, 0.6) is 0 Å². The highest BCUT2D eigenvalue weighted by Crippen LogP contribution is 2.16. The first kappa shape index (κ1) is 11.6. The Morgan fingerprint density at radius 3 is 2.82 bits per heavy atom. The van der Waals surface area contributed by atoms with Crippen LogP contribution in [0.1, 0.15) is 40.6 Å². The third kappa shape index (κ3) is 2.30. The van der Waals surface area contributed by atoms with Gasteiger partial charge in [-0.1, -0.05) is 5.16 Å². The molecule has 1 amide bonds. The second-order valence-electron chi connectivity index (χ2n) is 3.80. The highest BCUT2D eigenvalue weighted by atomic mass is 16.5. The minimum atomic E-state index is -0.621. The van der Waals surface area contributed by atoms with Crippen molar-refractivity contribution in [2.24, 2.45) is 0 Å². The van der Waals surface area contributed by atoms with Crippen molar-refractivity contribution < 1.29 is 18.8 Å². The van der Waals surface area contributed by atoms with Crippen molar-refractivity contribution in [3.63, 3.8) is 0 Å². The Morgan fingerprint density at radius 2 is 2.18 bits per heavy atom. The van der Waals surface area contributed by atoms with Gasteiger partial charge in [-0.3, -0.25) is 4.79 Å². The topological polar surface area (TPSA) is 72.6 Å². The van der Waals surface area contributed by atoms with Gasteiger partial charge in [-0.05, 0) is 19.8 Å². The molecule has 1 saturated heterocycles. The number of likely N-dealkylation sites (tertiary alicyclic amines) is 1. The van der Waals surface area contributed by atoms with Crippen molar-refractivity contribution in [3.8, 4) is 0 Å². The molecule has 1 aliphatic heterocycles. The van der Waals surface area contributed by atoms with Gasteiger partial charge in [0.1, 0.15) is 11.8 Å². The zero-order valence-electron chi connectivity index (χ0n) is 9.64. The van der Waals surface area contributed by atoms with E-state index in [4.69, 9.17) is 9.26 Å². The summed E-state index contributed by atoms with van der Waals surface area (Å²) in [6.07, 6.45) is 3.18. The van der Waals surface area contributed by atoms with Crippen LogP contribution in [-0.2, 0) is 4.74 Å². The molecule has 0 saturated carbocycles. The van der Waals surface area contributed by atoms with Crippen LogP contribution in [0.25, 0.3) is 0 Å². The molecule has 0 radical (unpaired) electrons. The number of amides is 1. The van der Waals surface area contributed by atoms with Gasteiger partial charge in [-0.2, -0.15) is 0 Å². The summed E-state index contributed by atoms with van der Waals surface area (Å²) in [6, 6.07) is 0.